The standard InChI is InChI=1S/C10H17NO2/c1-3-9-8(6-5-7-13-9)10(12)11-4-2/h3-7H2,1-2H3,(H,11,12). The molecular formula is C10H17NO2. The normalized spacial score (nSPS) is 16.8. The predicted octanol–water partition coefficient (Wildman–Crippen LogP) is 1.60. The lowest BCUT2D eigenvalue weighted by Gasteiger charge is -2.19. The second-order valence-electron chi connectivity index (χ2n) is 3.07. The fraction of sp³-hybridized carbons (Fsp3) is 0.700. The van der Waals surface area contributed by atoms with Crippen LogP contribution in [0.4, 0.5) is 0 Å². The van der Waals surface area contributed by atoms with Crippen molar-refractivity contribution in [1.29, 1.82) is 0 Å². The number of amides is 1. The minimum absolute atomic E-state index is 0.0408. The Balaban J connectivity index is 2.72. The molecule has 3 heteroatoms. The highest BCUT2D eigenvalue weighted by Gasteiger charge is 2.18. The number of carbonyl (C=O) groups excluding carboxylic acids is 1. The summed E-state index contributed by atoms with van der Waals surface area (Å²) < 4.78 is 5.43. The molecule has 0 saturated carbocycles. The van der Waals surface area contributed by atoms with Gasteiger partial charge in [0.25, 0.3) is 5.91 Å². The molecule has 13 heavy (non-hydrogen) atoms. The summed E-state index contributed by atoms with van der Waals surface area (Å²) in [5.41, 5.74) is 0.843. The summed E-state index contributed by atoms with van der Waals surface area (Å²) in [6.07, 6.45) is 2.62. The fourth-order valence-electron chi connectivity index (χ4n) is 1.49. The van der Waals surface area contributed by atoms with Crippen molar-refractivity contribution in [3.8, 4) is 0 Å². The first-order valence-electron chi connectivity index (χ1n) is 4.92. The highest BCUT2D eigenvalue weighted by molar-refractivity contribution is 5.93. The van der Waals surface area contributed by atoms with Gasteiger partial charge in [0.15, 0.2) is 0 Å². The van der Waals surface area contributed by atoms with Gasteiger partial charge < -0.3 is 10.1 Å². The zero-order valence-corrected chi connectivity index (χ0v) is 8.35. The van der Waals surface area contributed by atoms with Crippen molar-refractivity contribution in [2.45, 2.75) is 33.1 Å². The second-order valence-corrected chi connectivity index (χ2v) is 3.07. The number of nitrogens with one attached hydrogen (secondary N) is 1. The van der Waals surface area contributed by atoms with Gasteiger partial charge in [-0.05, 0) is 19.8 Å². The molecule has 0 aromatic carbocycles. The summed E-state index contributed by atoms with van der Waals surface area (Å²) >= 11 is 0. The molecular weight excluding hydrogens is 166 g/mol. The Bertz CT molecular complexity index is 221. The fourth-order valence-corrected chi connectivity index (χ4v) is 1.49. The molecule has 0 aromatic heterocycles. The van der Waals surface area contributed by atoms with Gasteiger partial charge in [0.1, 0.15) is 5.76 Å². The first-order valence-corrected chi connectivity index (χ1v) is 4.92. The molecule has 1 rings (SSSR count). The molecule has 0 saturated heterocycles. The summed E-state index contributed by atoms with van der Waals surface area (Å²) in [6, 6.07) is 0. The third-order valence-electron chi connectivity index (χ3n) is 2.12. The van der Waals surface area contributed by atoms with Crippen LogP contribution >= 0.6 is 0 Å². The van der Waals surface area contributed by atoms with Gasteiger partial charge in [0, 0.05) is 13.0 Å². The van der Waals surface area contributed by atoms with Crippen molar-refractivity contribution in [2.75, 3.05) is 13.2 Å². The Kier molecular flexibility index (Phi) is 3.80. The van der Waals surface area contributed by atoms with Crippen molar-refractivity contribution < 1.29 is 9.53 Å². The monoisotopic (exact) mass is 183 g/mol. The Morgan fingerprint density at radius 2 is 2.31 bits per heavy atom. The van der Waals surface area contributed by atoms with E-state index in [2.05, 4.69) is 5.32 Å². The summed E-state index contributed by atoms with van der Waals surface area (Å²) in [4.78, 5) is 11.5. The van der Waals surface area contributed by atoms with E-state index in [1.165, 1.54) is 0 Å². The molecule has 0 radical (unpaired) electrons. The van der Waals surface area contributed by atoms with E-state index in [0.29, 0.717) is 6.54 Å². The van der Waals surface area contributed by atoms with E-state index in [4.69, 9.17) is 4.74 Å². The van der Waals surface area contributed by atoms with Gasteiger partial charge in [-0.25, -0.2) is 0 Å². The molecule has 1 N–H and O–H groups in total. The molecule has 0 unspecified atom stereocenters. The molecule has 1 heterocycles. The van der Waals surface area contributed by atoms with Crippen molar-refractivity contribution in [3.05, 3.63) is 11.3 Å². The lowest BCUT2D eigenvalue weighted by Crippen LogP contribution is -2.27. The van der Waals surface area contributed by atoms with E-state index in [-0.39, 0.29) is 5.91 Å². The third-order valence-corrected chi connectivity index (χ3v) is 2.12. The summed E-state index contributed by atoms with van der Waals surface area (Å²) in [5.74, 6) is 0.913. The Morgan fingerprint density at radius 1 is 1.54 bits per heavy atom. The topological polar surface area (TPSA) is 38.3 Å². The van der Waals surface area contributed by atoms with Crippen LogP contribution in [0.2, 0.25) is 0 Å². The Morgan fingerprint density at radius 3 is 2.92 bits per heavy atom. The predicted molar refractivity (Wildman–Crippen MR) is 51.2 cm³/mol. The lowest BCUT2D eigenvalue weighted by atomic mass is 10.0. The molecule has 0 fully saturated rings. The molecule has 3 nitrogen and oxygen atoms in total. The van der Waals surface area contributed by atoms with Gasteiger partial charge in [-0.1, -0.05) is 6.92 Å². The maximum absolute atomic E-state index is 11.5. The molecule has 0 aromatic rings. The van der Waals surface area contributed by atoms with Crippen molar-refractivity contribution in [2.24, 2.45) is 0 Å². The molecule has 1 aliphatic heterocycles. The van der Waals surface area contributed by atoms with Crippen molar-refractivity contribution >= 4 is 5.91 Å². The summed E-state index contributed by atoms with van der Waals surface area (Å²) in [6.45, 7) is 5.37. The van der Waals surface area contributed by atoms with Crippen LogP contribution in [0.25, 0.3) is 0 Å². The molecule has 0 aliphatic carbocycles. The summed E-state index contributed by atoms with van der Waals surface area (Å²) in [5, 5.41) is 2.80. The minimum atomic E-state index is 0.0408. The molecule has 1 amide bonds. The van der Waals surface area contributed by atoms with Crippen LogP contribution in [0.15, 0.2) is 11.3 Å². The van der Waals surface area contributed by atoms with E-state index in [0.717, 1.165) is 37.2 Å². The minimum Gasteiger partial charge on any atom is -0.497 e. The SMILES string of the molecule is CCNC(=O)C1=C(CC)OCCC1. The van der Waals surface area contributed by atoms with Crippen LogP contribution in [0.5, 0.6) is 0 Å². The molecule has 0 bridgehead atoms. The quantitative estimate of drug-likeness (QED) is 0.721. The lowest BCUT2D eigenvalue weighted by molar-refractivity contribution is -0.118. The van der Waals surface area contributed by atoms with Gasteiger partial charge in [-0.2, -0.15) is 0 Å². The Hall–Kier alpha value is -0.990. The number of hydrogen-bond donors (Lipinski definition) is 1. The van der Waals surface area contributed by atoms with Crippen molar-refractivity contribution in [3.63, 3.8) is 0 Å². The zero-order chi connectivity index (χ0) is 9.68. The van der Waals surface area contributed by atoms with E-state index >= 15 is 0 Å². The van der Waals surface area contributed by atoms with Gasteiger partial charge in [-0.15, -0.1) is 0 Å². The smallest absolute Gasteiger partial charge is 0.250 e. The highest BCUT2D eigenvalue weighted by atomic mass is 16.5. The number of hydrogen-bond acceptors (Lipinski definition) is 2. The molecule has 74 valence electrons. The van der Waals surface area contributed by atoms with E-state index in [9.17, 15) is 4.79 Å². The maximum Gasteiger partial charge on any atom is 0.250 e. The van der Waals surface area contributed by atoms with Crippen LogP contribution in [0.1, 0.15) is 33.1 Å². The van der Waals surface area contributed by atoms with Crippen LogP contribution < -0.4 is 5.32 Å². The largest absolute Gasteiger partial charge is 0.497 e. The molecule has 0 atom stereocenters. The van der Waals surface area contributed by atoms with E-state index in [1.54, 1.807) is 0 Å². The number of ether oxygens (including phenoxy) is 1. The third kappa shape index (κ3) is 2.47. The van der Waals surface area contributed by atoms with Gasteiger partial charge in [-0.3, -0.25) is 4.79 Å². The average molecular weight is 183 g/mol. The van der Waals surface area contributed by atoms with Gasteiger partial charge in [0.05, 0.1) is 12.2 Å². The number of carbonyl (C=O) groups is 1. The molecule has 1 aliphatic rings. The highest BCUT2D eigenvalue weighted by Crippen LogP contribution is 2.21. The number of rotatable bonds is 3. The second kappa shape index (κ2) is 4.90. The van der Waals surface area contributed by atoms with Crippen LogP contribution in [0.3, 0.4) is 0 Å². The van der Waals surface area contributed by atoms with Gasteiger partial charge >= 0.3 is 0 Å². The maximum atomic E-state index is 11.5. The van der Waals surface area contributed by atoms with Crippen LogP contribution in [0, 0.1) is 0 Å². The van der Waals surface area contributed by atoms with E-state index < -0.39 is 0 Å². The average Bonchev–Trinajstić information content (AvgIpc) is 2.18. The number of allylic oxidation sites excluding steroid dienone is 1. The zero-order valence-electron chi connectivity index (χ0n) is 8.35. The summed E-state index contributed by atoms with van der Waals surface area (Å²) in [7, 11) is 0. The van der Waals surface area contributed by atoms with Gasteiger partial charge in [0.2, 0.25) is 0 Å². The van der Waals surface area contributed by atoms with Crippen LogP contribution in [-0.4, -0.2) is 19.1 Å². The van der Waals surface area contributed by atoms with E-state index in [1.807, 2.05) is 13.8 Å². The number of likely N-dealkylation sites (N-methyl/N-ethyl adjacent to an activating group) is 1. The first-order chi connectivity index (χ1) is 6.29. The Labute approximate surface area is 79.2 Å². The van der Waals surface area contributed by atoms with Crippen molar-refractivity contribution in [1.82, 2.24) is 5.32 Å². The van der Waals surface area contributed by atoms with Crippen LogP contribution in [-0.2, 0) is 9.53 Å². The molecule has 0 spiro atoms. The first kappa shape index (κ1) is 10.1.